The van der Waals surface area contributed by atoms with Crippen LogP contribution in [0, 0.1) is 5.92 Å². The Morgan fingerprint density at radius 2 is 2.11 bits per heavy atom. The summed E-state index contributed by atoms with van der Waals surface area (Å²) in [5.41, 5.74) is 0. The van der Waals surface area contributed by atoms with Crippen LogP contribution in [0.3, 0.4) is 0 Å². The zero-order valence-electron chi connectivity index (χ0n) is 11.0. The van der Waals surface area contributed by atoms with Gasteiger partial charge in [0.2, 0.25) is 11.8 Å². The summed E-state index contributed by atoms with van der Waals surface area (Å²) < 4.78 is 5.75. The molecule has 2 heterocycles. The fourth-order valence-electron chi connectivity index (χ4n) is 2.97. The number of ether oxygens (including phenoxy) is 1. The maximum absolute atomic E-state index is 12.3. The predicted octanol–water partition coefficient (Wildman–Crippen LogP) is 1.65. The molecule has 1 aliphatic carbocycles. The zero-order valence-corrected chi connectivity index (χ0v) is 11.0. The first kappa shape index (κ1) is 12.4. The highest BCUT2D eigenvalue weighted by atomic mass is 16.5. The van der Waals surface area contributed by atoms with E-state index in [2.05, 4.69) is 9.97 Å². The van der Waals surface area contributed by atoms with Crippen LogP contribution in [-0.2, 0) is 4.79 Å². The number of likely N-dealkylation sites (tertiary alicyclic amines) is 1. The molecule has 1 saturated carbocycles. The smallest absolute Gasteiger partial charge is 0.232 e. The molecule has 1 saturated heterocycles. The number of rotatable bonds is 3. The number of hydrogen-bond donors (Lipinski definition) is 0. The van der Waals surface area contributed by atoms with E-state index < -0.39 is 0 Å². The van der Waals surface area contributed by atoms with Crippen LogP contribution in [-0.4, -0.2) is 40.0 Å². The average Bonchev–Trinajstić information content (AvgIpc) is 3.10. The summed E-state index contributed by atoms with van der Waals surface area (Å²) in [6.45, 7) is 1.49. The van der Waals surface area contributed by atoms with Crippen molar-refractivity contribution in [3.05, 3.63) is 18.6 Å². The number of nitrogens with zero attached hydrogens (tertiary/aromatic N) is 3. The topological polar surface area (TPSA) is 55.3 Å². The SMILES string of the molecule is O=C(C1CCCC1)N1CCC(Oc2cnccn2)C1. The molecule has 0 bridgehead atoms. The van der Waals surface area contributed by atoms with Gasteiger partial charge in [-0.05, 0) is 12.8 Å². The lowest BCUT2D eigenvalue weighted by Gasteiger charge is -2.20. The van der Waals surface area contributed by atoms with Gasteiger partial charge in [-0.25, -0.2) is 4.98 Å². The molecular formula is C14H19N3O2. The Bertz CT molecular complexity index is 432. The van der Waals surface area contributed by atoms with Gasteiger partial charge in [0.15, 0.2) is 0 Å². The third-order valence-electron chi connectivity index (χ3n) is 3.99. The summed E-state index contributed by atoms with van der Waals surface area (Å²) in [5.74, 6) is 1.13. The van der Waals surface area contributed by atoms with Gasteiger partial charge in [0.05, 0.1) is 12.7 Å². The molecule has 0 spiro atoms. The van der Waals surface area contributed by atoms with Crippen molar-refractivity contribution in [1.82, 2.24) is 14.9 Å². The highest BCUT2D eigenvalue weighted by molar-refractivity contribution is 5.79. The van der Waals surface area contributed by atoms with Gasteiger partial charge >= 0.3 is 0 Å². The Balaban J connectivity index is 1.53. The van der Waals surface area contributed by atoms with Crippen LogP contribution in [0.2, 0.25) is 0 Å². The van der Waals surface area contributed by atoms with Gasteiger partial charge in [-0.15, -0.1) is 0 Å². The van der Waals surface area contributed by atoms with Crippen molar-refractivity contribution < 1.29 is 9.53 Å². The third-order valence-corrected chi connectivity index (χ3v) is 3.99. The molecule has 0 N–H and O–H groups in total. The summed E-state index contributed by atoms with van der Waals surface area (Å²) in [4.78, 5) is 22.3. The monoisotopic (exact) mass is 261 g/mol. The number of hydrogen-bond acceptors (Lipinski definition) is 4. The molecule has 2 fully saturated rings. The Morgan fingerprint density at radius 1 is 1.26 bits per heavy atom. The van der Waals surface area contributed by atoms with Crippen LogP contribution in [0.25, 0.3) is 0 Å². The number of amides is 1. The van der Waals surface area contributed by atoms with Crippen molar-refractivity contribution in [2.24, 2.45) is 5.92 Å². The van der Waals surface area contributed by atoms with Crippen LogP contribution < -0.4 is 4.74 Å². The second kappa shape index (κ2) is 5.55. The molecule has 5 nitrogen and oxygen atoms in total. The second-order valence-corrected chi connectivity index (χ2v) is 5.34. The molecule has 1 atom stereocenters. The summed E-state index contributed by atoms with van der Waals surface area (Å²) in [6.07, 6.45) is 10.3. The Kier molecular flexibility index (Phi) is 3.62. The molecule has 0 aromatic carbocycles. The van der Waals surface area contributed by atoms with Crippen LogP contribution >= 0.6 is 0 Å². The summed E-state index contributed by atoms with van der Waals surface area (Å²) >= 11 is 0. The van der Waals surface area contributed by atoms with Gasteiger partial charge in [0, 0.05) is 31.3 Å². The molecule has 1 aromatic rings. The van der Waals surface area contributed by atoms with E-state index in [4.69, 9.17) is 4.74 Å². The largest absolute Gasteiger partial charge is 0.471 e. The van der Waals surface area contributed by atoms with E-state index in [1.54, 1.807) is 18.6 Å². The molecule has 0 radical (unpaired) electrons. The van der Waals surface area contributed by atoms with Crippen LogP contribution in [0.5, 0.6) is 5.88 Å². The Hall–Kier alpha value is -1.65. The number of carbonyl (C=O) groups is 1. The minimum absolute atomic E-state index is 0.0575. The van der Waals surface area contributed by atoms with E-state index in [-0.39, 0.29) is 12.0 Å². The quantitative estimate of drug-likeness (QED) is 0.830. The highest BCUT2D eigenvalue weighted by Gasteiger charge is 2.33. The molecular weight excluding hydrogens is 242 g/mol. The molecule has 1 aliphatic heterocycles. The molecule has 5 heteroatoms. The van der Waals surface area contributed by atoms with Gasteiger partial charge in [-0.3, -0.25) is 9.78 Å². The predicted molar refractivity (Wildman–Crippen MR) is 69.6 cm³/mol. The maximum atomic E-state index is 12.3. The van der Waals surface area contributed by atoms with E-state index >= 15 is 0 Å². The van der Waals surface area contributed by atoms with Crippen molar-refractivity contribution in [3.8, 4) is 5.88 Å². The summed E-state index contributed by atoms with van der Waals surface area (Å²) in [6, 6.07) is 0. The molecule has 1 amide bonds. The lowest BCUT2D eigenvalue weighted by atomic mass is 10.1. The molecule has 3 rings (SSSR count). The molecule has 1 aromatic heterocycles. The second-order valence-electron chi connectivity index (χ2n) is 5.34. The molecule has 102 valence electrons. The third kappa shape index (κ3) is 2.85. The molecule has 2 aliphatic rings. The fourth-order valence-corrected chi connectivity index (χ4v) is 2.97. The van der Waals surface area contributed by atoms with Crippen molar-refractivity contribution >= 4 is 5.91 Å². The van der Waals surface area contributed by atoms with Gasteiger partial charge in [0.25, 0.3) is 0 Å². The van der Waals surface area contributed by atoms with E-state index in [0.717, 1.165) is 25.8 Å². The van der Waals surface area contributed by atoms with Crippen molar-refractivity contribution in [2.45, 2.75) is 38.2 Å². The standard InChI is InChI=1S/C14H19N3O2/c18-14(11-3-1-2-4-11)17-8-5-12(10-17)19-13-9-15-6-7-16-13/h6-7,9,11-12H,1-5,8,10H2. The lowest BCUT2D eigenvalue weighted by molar-refractivity contribution is -0.134. The normalized spacial score (nSPS) is 23.8. The van der Waals surface area contributed by atoms with Crippen LogP contribution in [0.15, 0.2) is 18.6 Å². The minimum Gasteiger partial charge on any atom is -0.471 e. The first-order chi connectivity index (χ1) is 9.33. The minimum atomic E-state index is 0.0575. The van der Waals surface area contributed by atoms with Crippen molar-refractivity contribution in [3.63, 3.8) is 0 Å². The Morgan fingerprint density at radius 3 is 2.84 bits per heavy atom. The Labute approximate surface area is 113 Å². The van der Waals surface area contributed by atoms with Crippen LogP contribution in [0.4, 0.5) is 0 Å². The fraction of sp³-hybridized carbons (Fsp3) is 0.643. The van der Waals surface area contributed by atoms with E-state index in [1.165, 1.54) is 12.8 Å². The molecule has 19 heavy (non-hydrogen) atoms. The summed E-state index contributed by atoms with van der Waals surface area (Å²) in [7, 11) is 0. The van der Waals surface area contributed by atoms with Crippen molar-refractivity contribution in [2.75, 3.05) is 13.1 Å². The van der Waals surface area contributed by atoms with Gasteiger partial charge in [0.1, 0.15) is 6.10 Å². The lowest BCUT2D eigenvalue weighted by Crippen LogP contribution is -2.34. The first-order valence-corrected chi connectivity index (χ1v) is 7.04. The highest BCUT2D eigenvalue weighted by Crippen LogP contribution is 2.28. The number of aromatic nitrogens is 2. The maximum Gasteiger partial charge on any atom is 0.232 e. The van der Waals surface area contributed by atoms with E-state index in [9.17, 15) is 4.79 Å². The van der Waals surface area contributed by atoms with E-state index in [1.807, 2.05) is 4.90 Å². The van der Waals surface area contributed by atoms with Crippen molar-refractivity contribution in [1.29, 1.82) is 0 Å². The number of carbonyl (C=O) groups excluding carboxylic acids is 1. The van der Waals surface area contributed by atoms with Gasteiger partial charge < -0.3 is 9.64 Å². The zero-order chi connectivity index (χ0) is 13.1. The summed E-state index contributed by atoms with van der Waals surface area (Å²) in [5, 5.41) is 0. The first-order valence-electron chi connectivity index (χ1n) is 7.04. The average molecular weight is 261 g/mol. The van der Waals surface area contributed by atoms with E-state index in [0.29, 0.717) is 18.3 Å². The van der Waals surface area contributed by atoms with Crippen LogP contribution in [0.1, 0.15) is 32.1 Å². The molecule has 1 unspecified atom stereocenters. The van der Waals surface area contributed by atoms with Gasteiger partial charge in [-0.2, -0.15) is 0 Å². The van der Waals surface area contributed by atoms with Gasteiger partial charge in [-0.1, -0.05) is 12.8 Å².